The maximum atomic E-state index is 12.0. The van der Waals surface area contributed by atoms with Crippen molar-refractivity contribution in [2.75, 3.05) is 7.11 Å². The Labute approximate surface area is 122 Å². The van der Waals surface area contributed by atoms with E-state index in [0.29, 0.717) is 16.3 Å². The van der Waals surface area contributed by atoms with Gasteiger partial charge in [0, 0.05) is 10.6 Å². The zero-order valence-electron chi connectivity index (χ0n) is 11.6. The first kappa shape index (κ1) is 16.3. The molecule has 6 heteroatoms. The molecular formula is C14H18ClNO4. The number of rotatable bonds is 6. The number of halogens is 1. The lowest BCUT2D eigenvalue weighted by Crippen LogP contribution is -2.44. The van der Waals surface area contributed by atoms with E-state index in [9.17, 15) is 9.59 Å². The van der Waals surface area contributed by atoms with Gasteiger partial charge in [0.05, 0.1) is 13.5 Å². The Morgan fingerprint density at radius 3 is 2.55 bits per heavy atom. The average Bonchev–Trinajstić information content (AvgIpc) is 2.37. The van der Waals surface area contributed by atoms with Crippen LogP contribution in [0.2, 0.25) is 5.02 Å². The van der Waals surface area contributed by atoms with E-state index in [-0.39, 0.29) is 12.3 Å². The van der Waals surface area contributed by atoms with Crippen molar-refractivity contribution in [3.8, 4) is 5.75 Å². The predicted molar refractivity (Wildman–Crippen MR) is 76.1 cm³/mol. The highest BCUT2D eigenvalue weighted by atomic mass is 35.5. The van der Waals surface area contributed by atoms with Crippen molar-refractivity contribution >= 4 is 23.5 Å². The van der Waals surface area contributed by atoms with Crippen molar-refractivity contribution in [3.63, 3.8) is 0 Å². The summed E-state index contributed by atoms with van der Waals surface area (Å²) in [4.78, 5) is 23.0. The molecule has 0 unspecified atom stereocenters. The first-order valence-corrected chi connectivity index (χ1v) is 6.58. The van der Waals surface area contributed by atoms with Gasteiger partial charge in [0.15, 0.2) is 0 Å². The number of amides is 1. The van der Waals surface area contributed by atoms with Crippen LogP contribution in [0.3, 0.4) is 0 Å². The average molecular weight is 300 g/mol. The van der Waals surface area contributed by atoms with Gasteiger partial charge in [-0.05, 0) is 18.1 Å². The molecule has 2 N–H and O–H groups in total. The summed E-state index contributed by atoms with van der Waals surface area (Å²) in [5.74, 6) is -1.16. The van der Waals surface area contributed by atoms with Gasteiger partial charge < -0.3 is 15.2 Å². The summed E-state index contributed by atoms with van der Waals surface area (Å²) in [7, 11) is 1.49. The number of nitrogens with one attached hydrogen (secondary N) is 1. The first-order chi connectivity index (χ1) is 9.36. The van der Waals surface area contributed by atoms with Crippen LogP contribution in [-0.2, 0) is 16.0 Å². The summed E-state index contributed by atoms with van der Waals surface area (Å²) in [5, 5.41) is 12.0. The smallest absolute Gasteiger partial charge is 0.326 e. The molecule has 0 spiro atoms. The van der Waals surface area contributed by atoms with Gasteiger partial charge in [-0.15, -0.1) is 0 Å². The number of aliphatic carboxylic acids is 1. The molecule has 0 aromatic heterocycles. The van der Waals surface area contributed by atoms with E-state index in [4.69, 9.17) is 21.4 Å². The highest BCUT2D eigenvalue weighted by Gasteiger charge is 2.24. The summed E-state index contributed by atoms with van der Waals surface area (Å²) in [6.45, 7) is 3.46. The Hall–Kier alpha value is -1.75. The molecule has 1 amide bonds. The largest absolute Gasteiger partial charge is 0.496 e. The molecule has 0 aliphatic heterocycles. The zero-order valence-corrected chi connectivity index (χ0v) is 12.4. The maximum Gasteiger partial charge on any atom is 0.326 e. The number of carboxylic acid groups (broad SMARTS) is 1. The second-order valence-electron chi connectivity index (χ2n) is 4.72. The van der Waals surface area contributed by atoms with Crippen LogP contribution in [0, 0.1) is 5.92 Å². The number of carbonyl (C=O) groups excluding carboxylic acids is 1. The molecule has 110 valence electrons. The lowest BCUT2D eigenvalue weighted by atomic mass is 10.0. The number of methoxy groups -OCH3 is 1. The van der Waals surface area contributed by atoms with E-state index in [0.717, 1.165) is 0 Å². The number of carboxylic acids is 1. The summed E-state index contributed by atoms with van der Waals surface area (Å²) < 4.78 is 5.15. The SMILES string of the molecule is COc1cccc(Cl)c1CC(=O)N[C@@H](C(=O)O)C(C)C. The molecular weight excluding hydrogens is 282 g/mol. The van der Waals surface area contributed by atoms with Crippen molar-refractivity contribution in [1.29, 1.82) is 0 Å². The molecule has 0 radical (unpaired) electrons. The van der Waals surface area contributed by atoms with Crippen molar-refractivity contribution in [1.82, 2.24) is 5.32 Å². The molecule has 0 aliphatic rings. The van der Waals surface area contributed by atoms with Crippen LogP contribution in [0.4, 0.5) is 0 Å². The standard InChI is InChI=1S/C14H18ClNO4/c1-8(2)13(14(18)19)16-12(17)7-9-10(15)5-4-6-11(9)20-3/h4-6,8,13H,7H2,1-3H3,(H,16,17)(H,18,19)/t13-/m1/s1. The van der Waals surface area contributed by atoms with Crippen molar-refractivity contribution < 1.29 is 19.4 Å². The molecule has 1 aromatic carbocycles. The van der Waals surface area contributed by atoms with Gasteiger partial charge >= 0.3 is 5.97 Å². The minimum Gasteiger partial charge on any atom is -0.496 e. The summed E-state index contributed by atoms with van der Waals surface area (Å²) in [5.41, 5.74) is 0.544. The van der Waals surface area contributed by atoms with Gasteiger partial charge in [-0.3, -0.25) is 4.79 Å². The van der Waals surface area contributed by atoms with Crippen LogP contribution in [-0.4, -0.2) is 30.1 Å². The fourth-order valence-electron chi connectivity index (χ4n) is 1.80. The molecule has 1 aromatic rings. The van der Waals surface area contributed by atoms with Gasteiger partial charge in [0.25, 0.3) is 0 Å². The minimum atomic E-state index is -1.06. The molecule has 0 heterocycles. The van der Waals surface area contributed by atoms with E-state index in [1.165, 1.54) is 7.11 Å². The second kappa shape index (κ2) is 7.14. The molecule has 1 atom stereocenters. The molecule has 0 saturated heterocycles. The molecule has 20 heavy (non-hydrogen) atoms. The molecule has 0 aliphatic carbocycles. The molecule has 5 nitrogen and oxygen atoms in total. The zero-order chi connectivity index (χ0) is 15.3. The third-order valence-corrected chi connectivity index (χ3v) is 3.24. The van der Waals surface area contributed by atoms with Gasteiger partial charge in [0.1, 0.15) is 11.8 Å². The molecule has 0 fully saturated rings. The molecule has 0 bridgehead atoms. The third-order valence-electron chi connectivity index (χ3n) is 2.88. The summed E-state index contributed by atoms with van der Waals surface area (Å²) in [6.07, 6.45) is -0.0284. The van der Waals surface area contributed by atoms with Gasteiger partial charge in [-0.1, -0.05) is 31.5 Å². The summed E-state index contributed by atoms with van der Waals surface area (Å²) in [6, 6.07) is 4.16. The predicted octanol–water partition coefficient (Wildman–Crippen LogP) is 2.12. The van der Waals surface area contributed by atoms with Gasteiger partial charge in [-0.2, -0.15) is 0 Å². The van der Waals surface area contributed by atoms with Crippen LogP contribution in [0.1, 0.15) is 19.4 Å². The van der Waals surface area contributed by atoms with Crippen LogP contribution in [0.5, 0.6) is 5.75 Å². The lowest BCUT2D eigenvalue weighted by molar-refractivity contribution is -0.143. The fraction of sp³-hybridized carbons (Fsp3) is 0.429. The topological polar surface area (TPSA) is 75.6 Å². The van der Waals surface area contributed by atoms with Gasteiger partial charge in [-0.25, -0.2) is 4.79 Å². The first-order valence-electron chi connectivity index (χ1n) is 6.20. The van der Waals surface area contributed by atoms with Crippen molar-refractivity contribution in [3.05, 3.63) is 28.8 Å². The Balaban J connectivity index is 2.84. The van der Waals surface area contributed by atoms with E-state index in [1.54, 1.807) is 32.0 Å². The number of hydrogen-bond donors (Lipinski definition) is 2. The van der Waals surface area contributed by atoms with E-state index < -0.39 is 17.9 Å². The van der Waals surface area contributed by atoms with Crippen molar-refractivity contribution in [2.45, 2.75) is 26.3 Å². The number of hydrogen-bond acceptors (Lipinski definition) is 3. The highest BCUT2D eigenvalue weighted by Crippen LogP contribution is 2.26. The lowest BCUT2D eigenvalue weighted by Gasteiger charge is -2.18. The van der Waals surface area contributed by atoms with Crippen LogP contribution in [0.25, 0.3) is 0 Å². The third kappa shape index (κ3) is 4.13. The Bertz CT molecular complexity index is 502. The van der Waals surface area contributed by atoms with E-state index in [2.05, 4.69) is 5.32 Å². The second-order valence-corrected chi connectivity index (χ2v) is 5.13. The minimum absolute atomic E-state index is 0.0284. The fourth-order valence-corrected chi connectivity index (χ4v) is 2.03. The Morgan fingerprint density at radius 1 is 1.40 bits per heavy atom. The van der Waals surface area contributed by atoms with Gasteiger partial charge in [0.2, 0.25) is 5.91 Å². The molecule has 0 saturated carbocycles. The maximum absolute atomic E-state index is 12.0. The van der Waals surface area contributed by atoms with Crippen LogP contribution in [0.15, 0.2) is 18.2 Å². The Morgan fingerprint density at radius 2 is 2.05 bits per heavy atom. The number of benzene rings is 1. The van der Waals surface area contributed by atoms with E-state index in [1.807, 2.05) is 0 Å². The van der Waals surface area contributed by atoms with Crippen LogP contribution < -0.4 is 10.1 Å². The normalized spacial score (nSPS) is 12.1. The Kier molecular flexibility index (Phi) is 5.82. The number of ether oxygens (including phenoxy) is 1. The molecule has 1 rings (SSSR count). The monoisotopic (exact) mass is 299 g/mol. The summed E-state index contributed by atoms with van der Waals surface area (Å²) >= 11 is 6.04. The van der Waals surface area contributed by atoms with Crippen LogP contribution >= 0.6 is 11.6 Å². The van der Waals surface area contributed by atoms with Crippen molar-refractivity contribution in [2.24, 2.45) is 5.92 Å². The highest BCUT2D eigenvalue weighted by molar-refractivity contribution is 6.31. The van der Waals surface area contributed by atoms with E-state index >= 15 is 0 Å². The quantitative estimate of drug-likeness (QED) is 0.843. The number of carbonyl (C=O) groups is 2.